The molecule has 0 bridgehead atoms. The number of amides is 1. The predicted molar refractivity (Wildman–Crippen MR) is 78.4 cm³/mol. The maximum atomic E-state index is 11.2. The van der Waals surface area contributed by atoms with E-state index < -0.39 is 12.0 Å². The highest BCUT2D eigenvalue weighted by atomic mass is 16.7. The van der Waals surface area contributed by atoms with Crippen LogP contribution >= 0.6 is 0 Å². The summed E-state index contributed by atoms with van der Waals surface area (Å²) in [6.45, 7) is 7.61. The number of nitrogens with two attached hydrogens (primary N) is 1. The van der Waals surface area contributed by atoms with Crippen molar-refractivity contribution in [2.75, 3.05) is 13.3 Å². The molecular formula is C15H22N2O4. The second-order valence-electron chi connectivity index (χ2n) is 5.50. The van der Waals surface area contributed by atoms with Crippen molar-refractivity contribution < 1.29 is 19.0 Å². The number of benzene rings is 1. The lowest BCUT2D eigenvalue weighted by Crippen LogP contribution is -2.31. The number of carbonyl (C=O) groups excluding carboxylic acids is 1. The van der Waals surface area contributed by atoms with Crippen molar-refractivity contribution in [2.24, 2.45) is 11.7 Å². The zero-order valence-corrected chi connectivity index (χ0v) is 12.6. The topological polar surface area (TPSA) is 82.8 Å². The van der Waals surface area contributed by atoms with Gasteiger partial charge in [-0.2, -0.15) is 0 Å². The van der Waals surface area contributed by atoms with Crippen LogP contribution in [0.2, 0.25) is 0 Å². The molecule has 21 heavy (non-hydrogen) atoms. The van der Waals surface area contributed by atoms with Crippen LogP contribution in [0.25, 0.3) is 0 Å². The Morgan fingerprint density at radius 1 is 1.33 bits per heavy atom. The maximum Gasteiger partial charge on any atom is 0.258 e. The fourth-order valence-electron chi connectivity index (χ4n) is 1.96. The van der Waals surface area contributed by atoms with E-state index in [1.165, 1.54) is 0 Å². The summed E-state index contributed by atoms with van der Waals surface area (Å²) in [6.07, 6.45) is -0.700. The van der Waals surface area contributed by atoms with E-state index in [0.29, 0.717) is 29.7 Å². The quantitative estimate of drug-likeness (QED) is 0.794. The minimum absolute atomic E-state index is 0.197. The average molecular weight is 294 g/mol. The third kappa shape index (κ3) is 4.01. The van der Waals surface area contributed by atoms with Crippen molar-refractivity contribution in [3.05, 3.63) is 17.7 Å². The number of hydrogen-bond acceptors (Lipinski definition) is 5. The molecule has 0 fully saturated rings. The first-order valence-electron chi connectivity index (χ1n) is 7.06. The van der Waals surface area contributed by atoms with Crippen LogP contribution in [-0.4, -0.2) is 25.3 Å². The minimum Gasteiger partial charge on any atom is -0.480 e. The third-order valence-electron chi connectivity index (χ3n) is 3.13. The predicted octanol–water partition coefficient (Wildman–Crippen LogP) is 1.41. The summed E-state index contributed by atoms with van der Waals surface area (Å²) in [4.78, 5) is 11.2. The number of rotatable bonds is 7. The maximum absolute atomic E-state index is 11.2. The van der Waals surface area contributed by atoms with Gasteiger partial charge in [0, 0.05) is 18.2 Å². The summed E-state index contributed by atoms with van der Waals surface area (Å²) in [5.41, 5.74) is 6.16. The summed E-state index contributed by atoms with van der Waals surface area (Å²) in [5.74, 6) is 1.94. The average Bonchev–Trinajstić information content (AvgIpc) is 2.85. The molecule has 3 N–H and O–H groups in total. The molecule has 1 aromatic carbocycles. The van der Waals surface area contributed by atoms with E-state index in [4.69, 9.17) is 19.9 Å². The van der Waals surface area contributed by atoms with Crippen LogP contribution in [-0.2, 0) is 11.3 Å². The summed E-state index contributed by atoms with van der Waals surface area (Å²) < 4.78 is 16.4. The molecule has 0 aliphatic carbocycles. The fourth-order valence-corrected chi connectivity index (χ4v) is 1.96. The number of primary amides is 1. The van der Waals surface area contributed by atoms with Crippen molar-refractivity contribution in [2.45, 2.75) is 33.4 Å². The van der Waals surface area contributed by atoms with E-state index in [1.807, 2.05) is 6.07 Å². The Balaban J connectivity index is 2.17. The van der Waals surface area contributed by atoms with E-state index in [1.54, 1.807) is 13.0 Å². The van der Waals surface area contributed by atoms with E-state index >= 15 is 0 Å². The van der Waals surface area contributed by atoms with Crippen LogP contribution in [0.4, 0.5) is 0 Å². The molecule has 1 heterocycles. The van der Waals surface area contributed by atoms with Gasteiger partial charge in [0.05, 0.1) is 0 Å². The van der Waals surface area contributed by atoms with Gasteiger partial charge in [0.1, 0.15) is 5.75 Å². The summed E-state index contributed by atoms with van der Waals surface area (Å²) in [6, 6.07) is 3.62. The molecule has 0 aromatic heterocycles. The molecule has 1 unspecified atom stereocenters. The highest BCUT2D eigenvalue weighted by Gasteiger charge is 2.20. The number of fused-ring (bicyclic) bond motifs is 1. The molecule has 6 heteroatoms. The summed E-state index contributed by atoms with van der Waals surface area (Å²) >= 11 is 0. The Morgan fingerprint density at radius 3 is 2.62 bits per heavy atom. The van der Waals surface area contributed by atoms with Gasteiger partial charge in [-0.1, -0.05) is 13.8 Å². The van der Waals surface area contributed by atoms with Gasteiger partial charge in [-0.25, -0.2) is 0 Å². The molecule has 1 aromatic rings. The molecule has 0 saturated heterocycles. The van der Waals surface area contributed by atoms with Crippen molar-refractivity contribution in [3.63, 3.8) is 0 Å². The van der Waals surface area contributed by atoms with E-state index in [-0.39, 0.29) is 6.79 Å². The molecule has 1 amide bonds. The molecular weight excluding hydrogens is 272 g/mol. The lowest BCUT2D eigenvalue weighted by molar-refractivity contribution is -0.124. The third-order valence-corrected chi connectivity index (χ3v) is 3.13. The molecule has 116 valence electrons. The number of carbonyl (C=O) groups is 1. The van der Waals surface area contributed by atoms with E-state index in [2.05, 4.69) is 19.2 Å². The zero-order chi connectivity index (χ0) is 15.4. The highest BCUT2D eigenvalue weighted by Crippen LogP contribution is 2.38. The fraction of sp³-hybridized carbons (Fsp3) is 0.533. The zero-order valence-electron chi connectivity index (χ0n) is 12.6. The van der Waals surface area contributed by atoms with Gasteiger partial charge in [0.25, 0.3) is 5.91 Å². The number of nitrogens with one attached hydrogen (secondary N) is 1. The molecule has 1 aliphatic rings. The van der Waals surface area contributed by atoms with Gasteiger partial charge in [-0.05, 0) is 25.5 Å². The van der Waals surface area contributed by atoms with Crippen LogP contribution in [0.3, 0.4) is 0 Å². The molecule has 6 nitrogen and oxygen atoms in total. The standard InChI is InChI=1S/C15H22N2O4/c1-9(2)6-17-7-11-4-13-14(20-8-19-13)5-12(11)21-10(3)15(16)18/h4-5,9-10,17H,6-8H2,1-3H3,(H2,16,18). The highest BCUT2D eigenvalue weighted by molar-refractivity contribution is 5.78. The van der Waals surface area contributed by atoms with Crippen LogP contribution in [0.5, 0.6) is 17.2 Å². The molecule has 0 radical (unpaired) electrons. The van der Waals surface area contributed by atoms with Gasteiger partial charge in [-0.3, -0.25) is 4.79 Å². The Morgan fingerprint density at radius 2 is 2.00 bits per heavy atom. The monoisotopic (exact) mass is 294 g/mol. The van der Waals surface area contributed by atoms with Crippen LogP contribution in [0.1, 0.15) is 26.3 Å². The van der Waals surface area contributed by atoms with Gasteiger partial charge < -0.3 is 25.3 Å². The smallest absolute Gasteiger partial charge is 0.258 e. The summed E-state index contributed by atoms with van der Waals surface area (Å²) in [7, 11) is 0. The molecule has 1 aliphatic heterocycles. The Hall–Kier alpha value is -1.95. The van der Waals surface area contributed by atoms with Crippen molar-refractivity contribution in [3.8, 4) is 17.2 Å². The van der Waals surface area contributed by atoms with Gasteiger partial charge in [0.2, 0.25) is 6.79 Å². The van der Waals surface area contributed by atoms with Crippen molar-refractivity contribution in [1.29, 1.82) is 0 Å². The van der Waals surface area contributed by atoms with Crippen LogP contribution in [0.15, 0.2) is 12.1 Å². The Kier molecular flexibility index (Phi) is 4.90. The molecule has 0 saturated carbocycles. The summed E-state index contributed by atoms with van der Waals surface area (Å²) in [5, 5.41) is 3.34. The van der Waals surface area contributed by atoms with Crippen LogP contribution in [0, 0.1) is 5.92 Å². The SMILES string of the molecule is CC(C)CNCc1cc2c(cc1OC(C)C(N)=O)OCO2. The van der Waals surface area contributed by atoms with Crippen LogP contribution < -0.4 is 25.3 Å². The molecule has 1 atom stereocenters. The second-order valence-corrected chi connectivity index (χ2v) is 5.50. The Bertz CT molecular complexity index is 517. The Labute approximate surface area is 124 Å². The first-order valence-corrected chi connectivity index (χ1v) is 7.06. The lowest BCUT2D eigenvalue weighted by Gasteiger charge is -2.16. The van der Waals surface area contributed by atoms with Crippen molar-refractivity contribution in [1.82, 2.24) is 5.32 Å². The largest absolute Gasteiger partial charge is 0.480 e. The molecule has 0 spiro atoms. The minimum atomic E-state index is -0.700. The van der Waals surface area contributed by atoms with Gasteiger partial charge in [0.15, 0.2) is 17.6 Å². The number of hydrogen-bond donors (Lipinski definition) is 2. The van der Waals surface area contributed by atoms with Gasteiger partial charge >= 0.3 is 0 Å². The second kappa shape index (κ2) is 6.67. The van der Waals surface area contributed by atoms with E-state index in [0.717, 1.165) is 12.1 Å². The number of ether oxygens (including phenoxy) is 3. The van der Waals surface area contributed by atoms with E-state index in [9.17, 15) is 4.79 Å². The molecule has 2 rings (SSSR count). The normalized spacial score (nSPS) is 14.3. The first kappa shape index (κ1) is 15.4. The first-order chi connectivity index (χ1) is 9.97. The lowest BCUT2D eigenvalue weighted by atomic mass is 10.1. The van der Waals surface area contributed by atoms with Crippen molar-refractivity contribution >= 4 is 5.91 Å². The van der Waals surface area contributed by atoms with Gasteiger partial charge in [-0.15, -0.1) is 0 Å².